The van der Waals surface area contributed by atoms with Crippen molar-refractivity contribution in [2.24, 2.45) is 12.0 Å². The highest BCUT2D eigenvalue weighted by atomic mass is 16.6. The van der Waals surface area contributed by atoms with E-state index < -0.39 is 4.92 Å². The van der Waals surface area contributed by atoms with Crippen LogP contribution in [0.3, 0.4) is 0 Å². The highest BCUT2D eigenvalue weighted by Gasteiger charge is 2.15. The van der Waals surface area contributed by atoms with Crippen molar-refractivity contribution in [3.63, 3.8) is 0 Å². The second-order valence-electron chi connectivity index (χ2n) is 6.55. The maximum Gasteiger partial charge on any atom is 0.269 e. The van der Waals surface area contributed by atoms with Gasteiger partial charge in [-0.25, -0.2) is 0 Å². The van der Waals surface area contributed by atoms with Crippen LogP contribution in [-0.4, -0.2) is 39.7 Å². The van der Waals surface area contributed by atoms with Crippen molar-refractivity contribution in [1.29, 1.82) is 0 Å². The summed E-state index contributed by atoms with van der Waals surface area (Å²) in [5, 5.41) is 18.5. The molecule has 0 fully saturated rings. The number of guanidine groups is 1. The fourth-order valence-electron chi connectivity index (χ4n) is 2.79. The third-order valence-electron chi connectivity index (χ3n) is 4.06. The molecular weight excluding hydrogens is 332 g/mol. The first-order valence-corrected chi connectivity index (χ1v) is 8.49. The molecule has 1 heterocycles. The van der Waals surface area contributed by atoms with Gasteiger partial charge < -0.3 is 10.2 Å². The van der Waals surface area contributed by atoms with E-state index in [1.165, 1.54) is 17.7 Å². The van der Waals surface area contributed by atoms with Gasteiger partial charge in [0.15, 0.2) is 5.96 Å². The standard InChI is InChI=1S/C18H26N6O2/c1-13(2)17-15(12-23(5)21-17)11-22(4)18(19-3)20-10-14-6-8-16(9-7-14)24(25)26/h6-9,12-13H,10-11H2,1-5H3,(H,19,20). The summed E-state index contributed by atoms with van der Waals surface area (Å²) in [6.45, 7) is 5.50. The van der Waals surface area contributed by atoms with E-state index in [1.807, 2.05) is 29.9 Å². The van der Waals surface area contributed by atoms with Crippen LogP contribution >= 0.6 is 0 Å². The molecule has 0 radical (unpaired) electrons. The van der Waals surface area contributed by atoms with Crippen molar-refractivity contribution in [2.75, 3.05) is 14.1 Å². The molecule has 0 unspecified atom stereocenters. The number of rotatable bonds is 6. The Morgan fingerprint density at radius 3 is 2.58 bits per heavy atom. The highest BCUT2D eigenvalue weighted by Crippen LogP contribution is 2.18. The molecular formula is C18H26N6O2. The topological polar surface area (TPSA) is 88.6 Å². The molecule has 0 atom stereocenters. The quantitative estimate of drug-likeness (QED) is 0.371. The Morgan fingerprint density at radius 1 is 1.38 bits per heavy atom. The Morgan fingerprint density at radius 2 is 2.04 bits per heavy atom. The van der Waals surface area contributed by atoms with E-state index in [2.05, 4.69) is 29.3 Å². The van der Waals surface area contributed by atoms with Gasteiger partial charge in [0.1, 0.15) is 0 Å². The second kappa shape index (κ2) is 8.46. The van der Waals surface area contributed by atoms with Crippen LogP contribution in [0.1, 0.15) is 36.6 Å². The predicted molar refractivity (Wildman–Crippen MR) is 102 cm³/mol. The van der Waals surface area contributed by atoms with Crippen LogP contribution in [0.2, 0.25) is 0 Å². The van der Waals surface area contributed by atoms with Crippen molar-refractivity contribution in [2.45, 2.75) is 32.9 Å². The van der Waals surface area contributed by atoms with Crippen LogP contribution in [0.5, 0.6) is 0 Å². The minimum atomic E-state index is -0.399. The summed E-state index contributed by atoms with van der Waals surface area (Å²) in [5.41, 5.74) is 3.30. The number of aliphatic imine (C=N–C) groups is 1. The van der Waals surface area contributed by atoms with Crippen LogP contribution in [0.25, 0.3) is 0 Å². The number of non-ortho nitro benzene ring substituents is 1. The van der Waals surface area contributed by atoms with Crippen LogP contribution < -0.4 is 5.32 Å². The first kappa shape index (κ1) is 19.4. The molecule has 0 saturated heterocycles. The van der Waals surface area contributed by atoms with Crippen LogP contribution in [0.4, 0.5) is 5.69 Å². The Hall–Kier alpha value is -2.90. The molecule has 2 aromatic rings. The van der Waals surface area contributed by atoms with Crippen molar-refractivity contribution in [3.8, 4) is 0 Å². The van der Waals surface area contributed by atoms with Crippen LogP contribution in [0, 0.1) is 10.1 Å². The summed E-state index contributed by atoms with van der Waals surface area (Å²) in [4.78, 5) is 16.7. The fourth-order valence-corrected chi connectivity index (χ4v) is 2.79. The maximum absolute atomic E-state index is 10.7. The Labute approximate surface area is 153 Å². The van der Waals surface area contributed by atoms with E-state index >= 15 is 0 Å². The number of hydrogen-bond acceptors (Lipinski definition) is 4. The van der Waals surface area contributed by atoms with Gasteiger partial charge >= 0.3 is 0 Å². The molecule has 1 aromatic carbocycles. The Balaban J connectivity index is 2.01. The number of nitrogens with one attached hydrogen (secondary N) is 1. The molecule has 0 saturated carbocycles. The molecule has 0 aliphatic heterocycles. The smallest absolute Gasteiger partial charge is 0.269 e. The molecule has 26 heavy (non-hydrogen) atoms. The number of hydrogen-bond donors (Lipinski definition) is 1. The summed E-state index contributed by atoms with van der Waals surface area (Å²) >= 11 is 0. The van der Waals surface area contributed by atoms with E-state index in [-0.39, 0.29) is 5.69 Å². The predicted octanol–water partition coefficient (Wildman–Crippen LogP) is 2.66. The first-order valence-electron chi connectivity index (χ1n) is 8.49. The molecule has 8 nitrogen and oxygen atoms in total. The SMILES string of the molecule is CN=C(NCc1ccc([N+](=O)[O-])cc1)N(C)Cc1cn(C)nc1C(C)C. The van der Waals surface area contributed by atoms with E-state index in [0.29, 0.717) is 19.0 Å². The molecule has 1 N–H and O–H groups in total. The lowest BCUT2D eigenvalue weighted by Crippen LogP contribution is -2.38. The molecule has 140 valence electrons. The summed E-state index contributed by atoms with van der Waals surface area (Å²) in [6, 6.07) is 6.51. The van der Waals surface area contributed by atoms with E-state index in [9.17, 15) is 10.1 Å². The van der Waals surface area contributed by atoms with Crippen molar-refractivity contribution >= 4 is 11.6 Å². The van der Waals surface area contributed by atoms with E-state index in [1.54, 1.807) is 19.2 Å². The highest BCUT2D eigenvalue weighted by molar-refractivity contribution is 5.79. The molecule has 1 aromatic heterocycles. The van der Waals surface area contributed by atoms with Gasteiger partial charge in [0.2, 0.25) is 0 Å². The van der Waals surface area contributed by atoms with Gasteiger partial charge in [-0.05, 0) is 11.5 Å². The lowest BCUT2D eigenvalue weighted by molar-refractivity contribution is -0.384. The number of benzene rings is 1. The molecule has 0 spiro atoms. The number of nitro groups is 1. The molecule has 0 bridgehead atoms. The van der Waals surface area contributed by atoms with Gasteiger partial charge in [-0.3, -0.25) is 19.8 Å². The first-order chi connectivity index (χ1) is 12.3. The molecule has 0 aliphatic rings. The van der Waals surface area contributed by atoms with Gasteiger partial charge in [-0.1, -0.05) is 26.0 Å². The number of nitrogens with zero attached hydrogens (tertiary/aromatic N) is 5. The van der Waals surface area contributed by atoms with Gasteiger partial charge in [0.25, 0.3) is 5.69 Å². The normalized spacial score (nSPS) is 11.7. The van der Waals surface area contributed by atoms with E-state index in [0.717, 1.165) is 17.2 Å². The molecule has 0 amide bonds. The zero-order valence-electron chi connectivity index (χ0n) is 15.9. The van der Waals surface area contributed by atoms with Crippen LogP contribution in [-0.2, 0) is 20.1 Å². The summed E-state index contributed by atoms with van der Waals surface area (Å²) < 4.78 is 1.84. The van der Waals surface area contributed by atoms with Crippen molar-refractivity contribution in [3.05, 3.63) is 57.4 Å². The summed E-state index contributed by atoms with van der Waals surface area (Å²) in [5.74, 6) is 1.11. The van der Waals surface area contributed by atoms with Crippen molar-refractivity contribution in [1.82, 2.24) is 20.0 Å². The second-order valence-corrected chi connectivity index (χ2v) is 6.55. The van der Waals surface area contributed by atoms with Gasteiger partial charge in [0, 0.05) is 58.1 Å². The van der Waals surface area contributed by atoms with Gasteiger partial charge in [-0.15, -0.1) is 0 Å². The minimum absolute atomic E-state index is 0.0908. The molecule has 0 aliphatic carbocycles. The third-order valence-corrected chi connectivity index (χ3v) is 4.06. The average molecular weight is 358 g/mol. The number of aryl methyl sites for hydroxylation is 1. The van der Waals surface area contributed by atoms with Crippen LogP contribution in [0.15, 0.2) is 35.5 Å². The zero-order valence-corrected chi connectivity index (χ0v) is 15.9. The van der Waals surface area contributed by atoms with E-state index in [4.69, 9.17) is 0 Å². The van der Waals surface area contributed by atoms with Gasteiger partial charge in [0.05, 0.1) is 10.6 Å². The lowest BCUT2D eigenvalue weighted by atomic mass is 10.1. The number of aromatic nitrogens is 2. The largest absolute Gasteiger partial charge is 0.352 e. The monoisotopic (exact) mass is 358 g/mol. The maximum atomic E-state index is 10.7. The Kier molecular flexibility index (Phi) is 6.32. The molecule has 8 heteroatoms. The summed E-state index contributed by atoms with van der Waals surface area (Å²) in [6.07, 6.45) is 2.04. The fraction of sp³-hybridized carbons (Fsp3) is 0.444. The lowest BCUT2D eigenvalue weighted by Gasteiger charge is -2.22. The number of nitro benzene ring substituents is 1. The van der Waals surface area contributed by atoms with Gasteiger partial charge in [-0.2, -0.15) is 5.10 Å². The van der Waals surface area contributed by atoms with Crippen molar-refractivity contribution < 1.29 is 4.92 Å². The summed E-state index contributed by atoms with van der Waals surface area (Å²) in [7, 11) is 5.64. The average Bonchev–Trinajstić information content (AvgIpc) is 2.96. The third kappa shape index (κ3) is 4.81. The Bertz CT molecular complexity index is 779. The minimum Gasteiger partial charge on any atom is -0.352 e. The molecule has 2 rings (SSSR count). The zero-order chi connectivity index (χ0) is 19.3.